The number of piperidine rings is 1. The van der Waals surface area contributed by atoms with Crippen molar-refractivity contribution in [1.82, 2.24) is 10.2 Å². The fourth-order valence-corrected chi connectivity index (χ4v) is 2.85. The molecule has 2 heterocycles. The van der Waals surface area contributed by atoms with Gasteiger partial charge in [0.2, 0.25) is 5.91 Å². The molecule has 1 N–H and O–H groups in total. The molecule has 0 aromatic heterocycles. The minimum Gasteiger partial charge on any atom is -0.340 e. The Morgan fingerprint density at radius 1 is 1.25 bits per heavy atom. The van der Waals surface area contributed by atoms with Crippen molar-refractivity contribution in [2.75, 3.05) is 13.1 Å². The molecule has 0 aromatic rings. The van der Waals surface area contributed by atoms with Gasteiger partial charge in [-0.2, -0.15) is 0 Å². The van der Waals surface area contributed by atoms with E-state index in [1.165, 1.54) is 12.8 Å². The number of halogens is 1. The van der Waals surface area contributed by atoms with Crippen LogP contribution in [0.15, 0.2) is 0 Å². The van der Waals surface area contributed by atoms with E-state index in [-0.39, 0.29) is 18.3 Å². The molecule has 2 aliphatic heterocycles. The summed E-state index contributed by atoms with van der Waals surface area (Å²) in [5.41, 5.74) is 0. The van der Waals surface area contributed by atoms with Crippen LogP contribution in [0.25, 0.3) is 0 Å². The smallest absolute Gasteiger partial charge is 0.227 e. The van der Waals surface area contributed by atoms with E-state index in [4.69, 9.17) is 0 Å². The number of hydrogen-bond donors (Lipinski definition) is 1. The summed E-state index contributed by atoms with van der Waals surface area (Å²) in [6.07, 6.45) is 4.57. The molecule has 0 aliphatic carbocycles. The van der Waals surface area contributed by atoms with E-state index in [9.17, 15) is 4.79 Å². The Kier molecular flexibility index (Phi) is 5.06. The van der Waals surface area contributed by atoms with Crippen molar-refractivity contribution in [2.24, 2.45) is 5.92 Å². The Morgan fingerprint density at radius 3 is 2.56 bits per heavy atom. The first-order chi connectivity index (χ1) is 7.20. The van der Waals surface area contributed by atoms with Crippen LogP contribution >= 0.6 is 12.4 Å². The summed E-state index contributed by atoms with van der Waals surface area (Å²) in [5.74, 6) is 0.610. The third-order valence-corrected chi connectivity index (χ3v) is 3.92. The van der Waals surface area contributed by atoms with Gasteiger partial charge >= 0.3 is 0 Å². The molecule has 0 saturated carbocycles. The number of nitrogens with zero attached hydrogens (tertiary/aromatic N) is 1. The van der Waals surface area contributed by atoms with Gasteiger partial charge in [-0.3, -0.25) is 4.79 Å². The van der Waals surface area contributed by atoms with Crippen LogP contribution < -0.4 is 5.32 Å². The zero-order valence-corrected chi connectivity index (χ0v) is 11.1. The molecule has 2 rings (SSSR count). The number of carbonyl (C=O) groups excluding carboxylic acids is 1. The molecule has 2 saturated heterocycles. The van der Waals surface area contributed by atoms with Gasteiger partial charge in [-0.15, -0.1) is 12.4 Å². The lowest BCUT2D eigenvalue weighted by Gasteiger charge is -2.33. The van der Waals surface area contributed by atoms with Crippen molar-refractivity contribution in [3.63, 3.8) is 0 Å². The van der Waals surface area contributed by atoms with Crippen molar-refractivity contribution in [1.29, 1.82) is 0 Å². The van der Waals surface area contributed by atoms with Gasteiger partial charge in [-0.1, -0.05) is 0 Å². The first kappa shape index (κ1) is 13.8. The van der Waals surface area contributed by atoms with Crippen molar-refractivity contribution < 1.29 is 4.79 Å². The van der Waals surface area contributed by atoms with Gasteiger partial charge in [-0.25, -0.2) is 0 Å². The summed E-state index contributed by atoms with van der Waals surface area (Å²) < 4.78 is 0. The Balaban J connectivity index is 0.00000128. The monoisotopic (exact) mass is 246 g/mol. The molecule has 1 amide bonds. The summed E-state index contributed by atoms with van der Waals surface area (Å²) in [5, 5.41) is 3.40. The highest BCUT2D eigenvalue weighted by molar-refractivity contribution is 5.85. The second kappa shape index (κ2) is 5.87. The average Bonchev–Trinajstić information content (AvgIpc) is 2.64. The lowest BCUT2D eigenvalue weighted by molar-refractivity contribution is -0.137. The molecule has 2 fully saturated rings. The fraction of sp³-hybridized carbons (Fsp3) is 0.917. The number of likely N-dealkylation sites (tertiary alicyclic amines) is 1. The van der Waals surface area contributed by atoms with E-state index in [0.29, 0.717) is 18.0 Å². The topological polar surface area (TPSA) is 32.3 Å². The maximum atomic E-state index is 12.3. The van der Waals surface area contributed by atoms with E-state index in [0.717, 1.165) is 25.9 Å². The molecule has 2 aliphatic rings. The summed E-state index contributed by atoms with van der Waals surface area (Å²) >= 11 is 0. The molecule has 0 bridgehead atoms. The zero-order chi connectivity index (χ0) is 10.8. The van der Waals surface area contributed by atoms with Crippen LogP contribution in [0.4, 0.5) is 0 Å². The minimum atomic E-state index is 0. The van der Waals surface area contributed by atoms with Crippen molar-refractivity contribution in [2.45, 2.75) is 51.6 Å². The minimum absolute atomic E-state index is 0. The maximum absolute atomic E-state index is 12.3. The molecule has 0 spiro atoms. The highest BCUT2D eigenvalue weighted by Gasteiger charge is 2.34. The summed E-state index contributed by atoms with van der Waals surface area (Å²) in [6, 6.07) is 0.825. The number of nitrogens with one attached hydrogen (secondary N) is 1. The van der Waals surface area contributed by atoms with Crippen LogP contribution in [0.2, 0.25) is 0 Å². The van der Waals surface area contributed by atoms with E-state index in [1.807, 2.05) is 0 Å². The van der Waals surface area contributed by atoms with Crippen LogP contribution in [-0.4, -0.2) is 36.0 Å². The first-order valence-electron chi connectivity index (χ1n) is 6.24. The van der Waals surface area contributed by atoms with E-state index >= 15 is 0 Å². The molecule has 3 atom stereocenters. The average molecular weight is 247 g/mol. The van der Waals surface area contributed by atoms with Gasteiger partial charge in [-0.05, 0) is 46.1 Å². The molecular formula is C12H23ClN2O. The van der Waals surface area contributed by atoms with E-state index in [2.05, 4.69) is 24.1 Å². The van der Waals surface area contributed by atoms with Gasteiger partial charge in [0.15, 0.2) is 0 Å². The first-order valence-corrected chi connectivity index (χ1v) is 6.24. The van der Waals surface area contributed by atoms with Crippen molar-refractivity contribution >= 4 is 18.3 Å². The van der Waals surface area contributed by atoms with Crippen LogP contribution in [0.3, 0.4) is 0 Å². The Bertz CT molecular complexity index is 247. The predicted octanol–water partition coefficient (Wildman–Crippen LogP) is 1.81. The number of carbonyl (C=O) groups is 1. The standard InChI is InChI=1S/C12H22N2O.ClH/c1-9-5-4-8-14(9)12(15)11-6-3-7-13-10(11)2;/h9-11,13H,3-8H2,1-2H3;1H/t9?,10-,11-;/m1./s1. The highest BCUT2D eigenvalue weighted by Crippen LogP contribution is 2.24. The third kappa shape index (κ3) is 2.69. The summed E-state index contributed by atoms with van der Waals surface area (Å²) in [6.45, 7) is 6.36. The summed E-state index contributed by atoms with van der Waals surface area (Å²) in [7, 11) is 0. The Morgan fingerprint density at radius 2 is 2.00 bits per heavy atom. The number of hydrogen-bond acceptors (Lipinski definition) is 2. The quantitative estimate of drug-likeness (QED) is 0.766. The van der Waals surface area contributed by atoms with Crippen LogP contribution in [0.5, 0.6) is 0 Å². The van der Waals surface area contributed by atoms with Crippen molar-refractivity contribution in [3.8, 4) is 0 Å². The van der Waals surface area contributed by atoms with Gasteiger partial charge in [0.25, 0.3) is 0 Å². The zero-order valence-electron chi connectivity index (χ0n) is 10.2. The van der Waals surface area contributed by atoms with Gasteiger partial charge in [0.05, 0.1) is 5.92 Å². The molecule has 0 aromatic carbocycles. The second-order valence-corrected chi connectivity index (χ2v) is 5.01. The molecular weight excluding hydrogens is 224 g/mol. The molecule has 16 heavy (non-hydrogen) atoms. The van der Waals surface area contributed by atoms with E-state index in [1.54, 1.807) is 0 Å². The SMILES string of the molecule is CC1CCCN1C(=O)[C@@H]1CCCN[C@@H]1C.Cl. The second-order valence-electron chi connectivity index (χ2n) is 5.01. The fourth-order valence-electron chi connectivity index (χ4n) is 2.85. The lowest BCUT2D eigenvalue weighted by Crippen LogP contribution is -2.48. The maximum Gasteiger partial charge on any atom is 0.227 e. The lowest BCUT2D eigenvalue weighted by atomic mass is 9.90. The molecule has 4 heteroatoms. The van der Waals surface area contributed by atoms with Gasteiger partial charge < -0.3 is 10.2 Å². The summed E-state index contributed by atoms with van der Waals surface area (Å²) in [4.78, 5) is 14.4. The highest BCUT2D eigenvalue weighted by atomic mass is 35.5. The molecule has 94 valence electrons. The molecule has 0 radical (unpaired) electrons. The molecule has 1 unspecified atom stereocenters. The van der Waals surface area contributed by atoms with Crippen LogP contribution in [-0.2, 0) is 4.79 Å². The van der Waals surface area contributed by atoms with Gasteiger partial charge in [0.1, 0.15) is 0 Å². The number of rotatable bonds is 1. The van der Waals surface area contributed by atoms with Crippen molar-refractivity contribution in [3.05, 3.63) is 0 Å². The third-order valence-electron chi connectivity index (χ3n) is 3.92. The number of amides is 1. The normalized spacial score (nSPS) is 34.6. The predicted molar refractivity (Wildman–Crippen MR) is 67.8 cm³/mol. The van der Waals surface area contributed by atoms with Crippen LogP contribution in [0, 0.1) is 5.92 Å². The molecule has 3 nitrogen and oxygen atoms in total. The Labute approximate surface area is 104 Å². The van der Waals surface area contributed by atoms with E-state index < -0.39 is 0 Å². The Hall–Kier alpha value is -0.280. The van der Waals surface area contributed by atoms with Gasteiger partial charge in [0, 0.05) is 18.6 Å². The largest absolute Gasteiger partial charge is 0.340 e. The van der Waals surface area contributed by atoms with Crippen LogP contribution in [0.1, 0.15) is 39.5 Å².